The minimum absolute atomic E-state index is 0.103. The van der Waals surface area contributed by atoms with Gasteiger partial charge >= 0.3 is 0 Å². The van der Waals surface area contributed by atoms with Crippen molar-refractivity contribution in [1.82, 2.24) is 0 Å². The molecule has 0 aliphatic heterocycles. The zero-order valence-electron chi connectivity index (χ0n) is 14.7. The molecule has 1 aromatic carbocycles. The Labute approximate surface area is 137 Å². The van der Waals surface area contributed by atoms with Crippen LogP contribution in [0, 0.1) is 11.6 Å². The van der Waals surface area contributed by atoms with Crippen molar-refractivity contribution in [3.8, 4) is 0 Å². The van der Waals surface area contributed by atoms with Crippen LogP contribution in [0.25, 0.3) is 0 Å². The van der Waals surface area contributed by atoms with Crippen LogP contribution >= 0.6 is 0 Å². The molecule has 1 rings (SSSR count). The first-order valence-corrected chi connectivity index (χ1v) is 7.86. The normalized spacial score (nSPS) is 12.7. The highest BCUT2D eigenvalue weighted by atomic mass is 19.1. The van der Waals surface area contributed by atoms with Gasteiger partial charge < -0.3 is 14.2 Å². The largest absolute Gasteiger partial charge is 0.385 e. The predicted molar refractivity (Wildman–Crippen MR) is 86.4 cm³/mol. The lowest BCUT2D eigenvalue weighted by atomic mass is 10.0. The van der Waals surface area contributed by atoms with Gasteiger partial charge in [0.05, 0.1) is 24.4 Å². The lowest BCUT2D eigenvalue weighted by Gasteiger charge is -2.29. The van der Waals surface area contributed by atoms with E-state index in [2.05, 4.69) is 0 Å². The quantitative estimate of drug-likeness (QED) is 0.633. The predicted octanol–water partition coefficient (Wildman–Crippen LogP) is 4.48. The van der Waals surface area contributed by atoms with Crippen molar-refractivity contribution in [1.29, 1.82) is 0 Å². The standard InChI is InChI=1S/C18H28F2O3/c1-17(2,8-10-21-5)22-11-9-18(3,4)23-13-14-6-7-15(19)12-16(14)20/h6-7,12H,8-11,13H2,1-5H3. The Bertz CT molecular complexity index is 487. The lowest BCUT2D eigenvalue weighted by molar-refractivity contribution is -0.0842. The summed E-state index contributed by atoms with van der Waals surface area (Å²) >= 11 is 0. The molecule has 23 heavy (non-hydrogen) atoms. The molecule has 0 bridgehead atoms. The van der Waals surface area contributed by atoms with Gasteiger partial charge in [-0.15, -0.1) is 0 Å². The van der Waals surface area contributed by atoms with E-state index >= 15 is 0 Å². The fourth-order valence-corrected chi connectivity index (χ4v) is 1.98. The monoisotopic (exact) mass is 330 g/mol. The van der Waals surface area contributed by atoms with Crippen LogP contribution in [0.1, 0.15) is 46.1 Å². The molecule has 0 unspecified atom stereocenters. The Morgan fingerprint density at radius 2 is 1.52 bits per heavy atom. The highest BCUT2D eigenvalue weighted by Gasteiger charge is 2.23. The summed E-state index contributed by atoms with van der Waals surface area (Å²) in [5.41, 5.74) is -0.367. The summed E-state index contributed by atoms with van der Waals surface area (Å²) in [5.74, 6) is -1.17. The zero-order chi connectivity index (χ0) is 17.5. The average molecular weight is 330 g/mol. The molecule has 0 N–H and O–H groups in total. The highest BCUT2D eigenvalue weighted by Crippen LogP contribution is 2.21. The molecule has 0 atom stereocenters. The summed E-state index contributed by atoms with van der Waals surface area (Å²) in [4.78, 5) is 0. The van der Waals surface area contributed by atoms with Gasteiger partial charge in [0.1, 0.15) is 11.6 Å². The van der Waals surface area contributed by atoms with Gasteiger partial charge in [-0.25, -0.2) is 8.78 Å². The maximum Gasteiger partial charge on any atom is 0.131 e. The van der Waals surface area contributed by atoms with E-state index in [0.29, 0.717) is 25.2 Å². The molecular formula is C18H28F2O3. The number of hydrogen-bond acceptors (Lipinski definition) is 3. The third kappa shape index (κ3) is 7.86. The first-order valence-electron chi connectivity index (χ1n) is 7.86. The maximum absolute atomic E-state index is 13.6. The average Bonchev–Trinajstić information content (AvgIpc) is 2.44. The minimum Gasteiger partial charge on any atom is -0.385 e. The summed E-state index contributed by atoms with van der Waals surface area (Å²) in [7, 11) is 1.67. The SMILES string of the molecule is COCCC(C)(C)OCCC(C)(C)OCc1ccc(F)cc1F. The zero-order valence-corrected chi connectivity index (χ0v) is 14.7. The van der Waals surface area contributed by atoms with E-state index in [9.17, 15) is 8.78 Å². The summed E-state index contributed by atoms with van der Waals surface area (Å²) in [6.07, 6.45) is 1.48. The number of rotatable bonds is 10. The topological polar surface area (TPSA) is 27.7 Å². The van der Waals surface area contributed by atoms with Crippen molar-refractivity contribution in [2.45, 2.75) is 58.3 Å². The third-order valence-corrected chi connectivity index (χ3v) is 3.74. The number of halogens is 2. The van der Waals surface area contributed by atoms with Crippen LogP contribution in [0.5, 0.6) is 0 Å². The molecule has 3 nitrogen and oxygen atoms in total. The Morgan fingerprint density at radius 3 is 2.13 bits per heavy atom. The van der Waals surface area contributed by atoms with Crippen molar-refractivity contribution in [3.05, 3.63) is 35.4 Å². The first kappa shape index (κ1) is 20.0. The summed E-state index contributed by atoms with van der Waals surface area (Å²) < 4.78 is 43.2. The van der Waals surface area contributed by atoms with Crippen LogP contribution in [-0.4, -0.2) is 31.5 Å². The van der Waals surface area contributed by atoms with Crippen LogP contribution in [0.15, 0.2) is 18.2 Å². The summed E-state index contributed by atoms with van der Waals surface area (Å²) in [6, 6.07) is 3.51. The number of benzene rings is 1. The van der Waals surface area contributed by atoms with Crippen molar-refractivity contribution in [3.63, 3.8) is 0 Å². The van der Waals surface area contributed by atoms with Crippen molar-refractivity contribution < 1.29 is 23.0 Å². The molecule has 5 heteroatoms. The molecule has 0 aliphatic rings. The van der Waals surface area contributed by atoms with Crippen LogP contribution in [0.4, 0.5) is 8.78 Å². The number of methoxy groups -OCH3 is 1. The van der Waals surface area contributed by atoms with Gasteiger partial charge in [-0.3, -0.25) is 0 Å². The molecule has 0 aromatic heterocycles. The fourth-order valence-electron chi connectivity index (χ4n) is 1.98. The van der Waals surface area contributed by atoms with Gasteiger partial charge in [0.15, 0.2) is 0 Å². The number of ether oxygens (including phenoxy) is 3. The van der Waals surface area contributed by atoms with Crippen molar-refractivity contribution in [2.24, 2.45) is 0 Å². The Hall–Kier alpha value is -1.04. The molecule has 0 saturated heterocycles. The van der Waals surface area contributed by atoms with Gasteiger partial charge in [-0.05, 0) is 46.6 Å². The third-order valence-electron chi connectivity index (χ3n) is 3.74. The number of hydrogen-bond donors (Lipinski definition) is 0. The molecule has 0 aliphatic carbocycles. The van der Waals surface area contributed by atoms with E-state index in [1.807, 2.05) is 27.7 Å². The van der Waals surface area contributed by atoms with Gasteiger partial charge in [-0.2, -0.15) is 0 Å². The van der Waals surface area contributed by atoms with Gasteiger partial charge in [0.25, 0.3) is 0 Å². The molecule has 0 radical (unpaired) electrons. The summed E-state index contributed by atoms with van der Waals surface area (Å²) in [5, 5.41) is 0. The first-order chi connectivity index (χ1) is 10.7. The summed E-state index contributed by atoms with van der Waals surface area (Å²) in [6.45, 7) is 9.19. The van der Waals surface area contributed by atoms with Crippen molar-refractivity contribution >= 4 is 0 Å². The van der Waals surface area contributed by atoms with E-state index in [1.165, 1.54) is 12.1 Å². The van der Waals surface area contributed by atoms with Crippen molar-refractivity contribution in [2.75, 3.05) is 20.3 Å². The molecule has 0 fully saturated rings. The Balaban J connectivity index is 2.41. The molecular weight excluding hydrogens is 302 g/mol. The van der Waals surface area contributed by atoms with E-state index in [1.54, 1.807) is 7.11 Å². The molecule has 0 spiro atoms. The second-order valence-corrected chi connectivity index (χ2v) is 6.89. The van der Waals surface area contributed by atoms with Gasteiger partial charge in [0.2, 0.25) is 0 Å². The fraction of sp³-hybridized carbons (Fsp3) is 0.667. The second kappa shape index (κ2) is 8.71. The van der Waals surface area contributed by atoms with E-state index in [0.717, 1.165) is 12.5 Å². The van der Waals surface area contributed by atoms with Crippen LogP contribution in [0.2, 0.25) is 0 Å². The Morgan fingerprint density at radius 1 is 0.913 bits per heavy atom. The van der Waals surface area contributed by atoms with Gasteiger partial charge in [-0.1, -0.05) is 6.07 Å². The Kier molecular flexibility index (Phi) is 7.58. The van der Waals surface area contributed by atoms with E-state index < -0.39 is 17.2 Å². The molecule has 0 saturated carbocycles. The van der Waals surface area contributed by atoms with Gasteiger partial charge in [0, 0.05) is 25.3 Å². The molecule has 132 valence electrons. The molecule has 0 heterocycles. The molecule has 0 amide bonds. The minimum atomic E-state index is -0.586. The van der Waals surface area contributed by atoms with Crippen LogP contribution < -0.4 is 0 Å². The molecule has 1 aromatic rings. The van der Waals surface area contributed by atoms with E-state index in [-0.39, 0.29) is 12.2 Å². The van der Waals surface area contributed by atoms with Crippen LogP contribution in [0.3, 0.4) is 0 Å². The smallest absolute Gasteiger partial charge is 0.131 e. The second-order valence-electron chi connectivity index (χ2n) is 6.89. The lowest BCUT2D eigenvalue weighted by Crippen LogP contribution is -2.31. The maximum atomic E-state index is 13.6. The van der Waals surface area contributed by atoms with E-state index in [4.69, 9.17) is 14.2 Å². The highest BCUT2D eigenvalue weighted by molar-refractivity contribution is 5.17. The van der Waals surface area contributed by atoms with Crippen LogP contribution in [-0.2, 0) is 20.8 Å².